The Morgan fingerprint density at radius 2 is 2.22 bits per heavy atom. The molecule has 1 aromatic carbocycles. The van der Waals surface area contributed by atoms with Gasteiger partial charge in [-0.3, -0.25) is 0 Å². The molecule has 4 heteroatoms. The monoisotopic (exact) mass is 242 g/mol. The largest absolute Gasteiger partial charge is 0.467 e. The second-order valence-electron chi connectivity index (χ2n) is 4.06. The molecule has 0 saturated heterocycles. The van der Waals surface area contributed by atoms with Crippen LogP contribution in [-0.2, 0) is 13.2 Å². The van der Waals surface area contributed by atoms with Crippen molar-refractivity contribution < 1.29 is 9.52 Å². The third-order valence-electron chi connectivity index (χ3n) is 2.75. The molecule has 92 valence electrons. The molecule has 0 atom stereocenters. The van der Waals surface area contributed by atoms with Crippen molar-refractivity contribution in [2.45, 2.75) is 13.2 Å². The molecule has 0 aliphatic carbocycles. The molecule has 0 amide bonds. The van der Waals surface area contributed by atoms with Crippen LogP contribution in [0, 0.1) is 11.3 Å². The highest BCUT2D eigenvalue weighted by molar-refractivity contribution is 5.60. The van der Waals surface area contributed by atoms with E-state index in [1.807, 2.05) is 36.2 Å². The van der Waals surface area contributed by atoms with Crippen molar-refractivity contribution in [3.63, 3.8) is 0 Å². The van der Waals surface area contributed by atoms with Crippen molar-refractivity contribution in [1.29, 1.82) is 5.26 Å². The van der Waals surface area contributed by atoms with E-state index in [0.29, 0.717) is 12.1 Å². The molecule has 0 bridgehead atoms. The minimum absolute atomic E-state index is 0.0587. The average Bonchev–Trinajstić information content (AvgIpc) is 2.90. The lowest BCUT2D eigenvalue weighted by molar-refractivity contribution is 0.282. The van der Waals surface area contributed by atoms with Gasteiger partial charge in [-0.05, 0) is 29.8 Å². The van der Waals surface area contributed by atoms with Crippen LogP contribution in [0.2, 0.25) is 0 Å². The van der Waals surface area contributed by atoms with Gasteiger partial charge in [-0.2, -0.15) is 5.26 Å². The van der Waals surface area contributed by atoms with Crippen molar-refractivity contribution in [3.05, 3.63) is 53.5 Å². The van der Waals surface area contributed by atoms with E-state index >= 15 is 0 Å². The molecule has 0 spiro atoms. The molecule has 2 aromatic rings. The molecule has 1 aromatic heterocycles. The highest BCUT2D eigenvalue weighted by atomic mass is 16.3. The molecular formula is C14H14N2O2. The Labute approximate surface area is 106 Å². The van der Waals surface area contributed by atoms with Gasteiger partial charge in [-0.25, -0.2) is 0 Å². The molecule has 4 nitrogen and oxygen atoms in total. The molecule has 0 unspecified atom stereocenters. The van der Waals surface area contributed by atoms with Gasteiger partial charge in [0.05, 0.1) is 30.7 Å². The third kappa shape index (κ3) is 2.53. The van der Waals surface area contributed by atoms with Gasteiger partial charge in [-0.15, -0.1) is 0 Å². The van der Waals surface area contributed by atoms with Crippen LogP contribution >= 0.6 is 0 Å². The number of hydrogen-bond donors (Lipinski definition) is 1. The Bertz CT molecular complexity index is 556. The third-order valence-corrected chi connectivity index (χ3v) is 2.75. The first-order chi connectivity index (χ1) is 8.74. The number of nitriles is 1. The van der Waals surface area contributed by atoms with Crippen LogP contribution in [0.15, 0.2) is 41.0 Å². The lowest BCUT2D eigenvalue weighted by atomic mass is 10.1. The summed E-state index contributed by atoms with van der Waals surface area (Å²) in [5, 5.41) is 18.2. The summed E-state index contributed by atoms with van der Waals surface area (Å²) in [5.41, 5.74) is 2.11. The fraction of sp³-hybridized carbons (Fsp3) is 0.214. The van der Waals surface area contributed by atoms with E-state index in [9.17, 15) is 0 Å². The highest BCUT2D eigenvalue weighted by Crippen LogP contribution is 2.22. The molecule has 0 aliphatic rings. The number of aliphatic hydroxyl groups excluding tert-OH is 1. The van der Waals surface area contributed by atoms with Crippen LogP contribution in [-0.4, -0.2) is 12.2 Å². The average molecular weight is 242 g/mol. The predicted molar refractivity (Wildman–Crippen MR) is 67.9 cm³/mol. The molecular weight excluding hydrogens is 228 g/mol. The lowest BCUT2D eigenvalue weighted by Crippen LogP contribution is -2.17. The van der Waals surface area contributed by atoms with Crippen molar-refractivity contribution in [2.24, 2.45) is 0 Å². The zero-order valence-electron chi connectivity index (χ0n) is 10.1. The first-order valence-corrected chi connectivity index (χ1v) is 5.62. The number of hydrogen-bond acceptors (Lipinski definition) is 4. The summed E-state index contributed by atoms with van der Waals surface area (Å²) < 4.78 is 5.28. The molecule has 1 N–H and O–H groups in total. The second-order valence-corrected chi connectivity index (χ2v) is 4.06. The highest BCUT2D eigenvalue weighted by Gasteiger charge is 2.09. The van der Waals surface area contributed by atoms with Crippen LogP contribution in [0.5, 0.6) is 0 Å². The second kappa shape index (κ2) is 5.39. The fourth-order valence-electron chi connectivity index (χ4n) is 1.83. The first kappa shape index (κ1) is 12.2. The molecule has 0 fully saturated rings. The standard InChI is InChI=1S/C14H14N2O2/c1-16(9-13-3-2-6-18-13)14-5-4-11(10-17)7-12(14)8-15/h2-7,17H,9-10H2,1H3. The van der Waals surface area contributed by atoms with Crippen LogP contribution in [0.3, 0.4) is 0 Å². The van der Waals surface area contributed by atoms with E-state index in [0.717, 1.165) is 17.0 Å². The Hall–Kier alpha value is -2.25. The van der Waals surface area contributed by atoms with Gasteiger partial charge in [0.1, 0.15) is 11.8 Å². The summed E-state index contributed by atoms with van der Waals surface area (Å²) in [4.78, 5) is 1.94. The predicted octanol–water partition coefficient (Wildman–Crippen LogP) is 2.28. The number of benzene rings is 1. The Morgan fingerprint density at radius 1 is 1.39 bits per heavy atom. The summed E-state index contributed by atoms with van der Waals surface area (Å²) in [5.74, 6) is 0.840. The van der Waals surface area contributed by atoms with E-state index in [2.05, 4.69) is 6.07 Å². The molecule has 18 heavy (non-hydrogen) atoms. The summed E-state index contributed by atoms with van der Waals surface area (Å²) >= 11 is 0. The maximum absolute atomic E-state index is 9.13. The van der Waals surface area contributed by atoms with Gasteiger partial charge in [0.25, 0.3) is 0 Å². The van der Waals surface area contributed by atoms with Gasteiger partial charge >= 0.3 is 0 Å². The van der Waals surface area contributed by atoms with Gasteiger partial charge in [0.15, 0.2) is 0 Å². The van der Waals surface area contributed by atoms with E-state index in [4.69, 9.17) is 14.8 Å². The molecule has 2 rings (SSSR count). The maximum atomic E-state index is 9.13. The summed E-state index contributed by atoms with van der Waals surface area (Å²) in [6.45, 7) is 0.539. The van der Waals surface area contributed by atoms with E-state index in [1.54, 1.807) is 12.3 Å². The quantitative estimate of drug-likeness (QED) is 0.893. The van der Waals surface area contributed by atoms with Gasteiger partial charge in [0, 0.05) is 7.05 Å². The van der Waals surface area contributed by atoms with Crippen molar-refractivity contribution >= 4 is 5.69 Å². The zero-order chi connectivity index (χ0) is 13.0. The summed E-state index contributed by atoms with van der Waals surface area (Å²) in [6, 6.07) is 11.2. The number of rotatable bonds is 4. The lowest BCUT2D eigenvalue weighted by Gasteiger charge is -2.19. The Morgan fingerprint density at radius 3 is 2.83 bits per heavy atom. The van der Waals surface area contributed by atoms with E-state index in [-0.39, 0.29) is 6.61 Å². The van der Waals surface area contributed by atoms with Crippen LogP contribution < -0.4 is 4.90 Å². The van der Waals surface area contributed by atoms with Gasteiger partial charge < -0.3 is 14.4 Å². The molecule has 1 heterocycles. The molecule has 0 saturated carbocycles. The smallest absolute Gasteiger partial charge is 0.123 e. The Balaban J connectivity index is 2.24. The van der Waals surface area contributed by atoms with Crippen molar-refractivity contribution in [2.75, 3.05) is 11.9 Å². The first-order valence-electron chi connectivity index (χ1n) is 5.62. The van der Waals surface area contributed by atoms with Crippen LogP contribution in [0.1, 0.15) is 16.9 Å². The van der Waals surface area contributed by atoms with Crippen LogP contribution in [0.4, 0.5) is 5.69 Å². The number of anilines is 1. The Kier molecular flexibility index (Phi) is 3.66. The van der Waals surface area contributed by atoms with E-state index < -0.39 is 0 Å². The summed E-state index contributed by atoms with van der Waals surface area (Å²) in [7, 11) is 1.90. The zero-order valence-corrected chi connectivity index (χ0v) is 10.1. The van der Waals surface area contributed by atoms with Gasteiger partial charge in [0.2, 0.25) is 0 Å². The van der Waals surface area contributed by atoms with Crippen molar-refractivity contribution in [1.82, 2.24) is 0 Å². The minimum atomic E-state index is -0.0587. The minimum Gasteiger partial charge on any atom is -0.467 e. The van der Waals surface area contributed by atoms with E-state index in [1.165, 1.54) is 0 Å². The fourth-order valence-corrected chi connectivity index (χ4v) is 1.83. The van der Waals surface area contributed by atoms with Crippen LogP contribution in [0.25, 0.3) is 0 Å². The summed E-state index contributed by atoms with van der Waals surface area (Å²) in [6.07, 6.45) is 1.63. The molecule has 0 radical (unpaired) electrons. The number of furan rings is 1. The SMILES string of the molecule is CN(Cc1ccco1)c1ccc(CO)cc1C#N. The maximum Gasteiger partial charge on any atom is 0.123 e. The number of nitrogens with zero attached hydrogens (tertiary/aromatic N) is 2. The number of aliphatic hydroxyl groups is 1. The topological polar surface area (TPSA) is 60.4 Å². The van der Waals surface area contributed by atoms with Gasteiger partial charge in [-0.1, -0.05) is 6.07 Å². The normalized spacial score (nSPS) is 10.1. The van der Waals surface area contributed by atoms with Crippen molar-refractivity contribution in [3.8, 4) is 6.07 Å². The molecule has 0 aliphatic heterocycles.